The predicted molar refractivity (Wildman–Crippen MR) is 42.7 cm³/mol. The molecule has 0 fully saturated rings. The Bertz CT molecular complexity index is 395. The summed E-state index contributed by atoms with van der Waals surface area (Å²) in [4.78, 5) is 21.5. The number of hydrogen-bond donors (Lipinski definition) is 1. The third-order valence-corrected chi connectivity index (χ3v) is 1.88. The first-order chi connectivity index (χ1) is 6.18. The monoisotopic (exact) mass is 178 g/mol. The summed E-state index contributed by atoms with van der Waals surface area (Å²) in [6.45, 7) is 0. The molecule has 0 aromatic heterocycles. The number of aromatic carboxylic acids is 1. The zero-order chi connectivity index (χ0) is 9.42. The molecular formula is C9H6O4. The van der Waals surface area contributed by atoms with Crippen LogP contribution in [0.5, 0.6) is 5.75 Å². The lowest BCUT2D eigenvalue weighted by molar-refractivity contribution is -0.131. The molecule has 1 heterocycles. The van der Waals surface area contributed by atoms with E-state index in [1.54, 1.807) is 12.1 Å². The molecule has 4 nitrogen and oxygen atoms in total. The Labute approximate surface area is 73.8 Å². The standard InChI is InChI=1S/C9H6O4/c10-7-4-5-2-1-3-6(9(11)12)8(5)13-7/h1-3H,4H2,(H,11,12). The summed E-state index contributed by atoms with van der Waals surface area (Å²) >= 11 is 0. The molecule has 66 valence electrons. The molecule has 1 aromatic rings. The van der Waals surface area contributed by atoms with Crippen LogP contribution in [0.4, 0.5) is 0 Å². The number of carboxylic acid groups (broad SMARTS) is 1. The van der Waals surface area contributed by atoms with Crippen molar-refractivity contribution in [1.29, 1.82) is 0 Å². The number of benzene rings is 1. The van der Waals surface area contributed by atoms with Crippen molar-refractivity contribution < 1.29 is 19.4 Å². The number of fused-ring (bicyclic) bond motifs is 1. The minimum atomic E-state index is -1.08. The molecule has 0 unspecified atom stereocenters. The second-order valence-electron chi connectivity index (χ2n) is 2.75. The number of para-hydroxylation sites is 1. The van der Waals surface area contributed by atoms with E-state index in [2.05, 4.69) is 0 Å². The average molecular weight is 178 g/mol. The smallest absolute Gasteiger partial charge is 0.339 e. The first-order valence-corrected chi connectivity index (χ1v) is 3.74. The lowest BCUT2D eigenvalue weighted by atomic mass is 10.1. The van der Waals surface area contributed by atoms with E-state index < -0.39 is 11.9 Å². The molecule has 0 bridgehead atoms. The van der Waals surface area contributed by atoms with E-state index in [1.165, 1.54) is 6.07 Å². The van der Waals surface area contributed by atoms with Gasteiger partial charge in [-0.25, -0.2) is 4.79 Å². The number of carbonyl (C=O) groups is 2. The minimum Gasteiger partial charge on any atom is -0.478 e. The first-order valence-electron chi connectivity index (χ1n) is 3.74. The van der Waals surface area contributed by atoms with Crippen LogP contribution in [-0.4, -0.2) is 17.0 Å². The van der Waals surface area contributed by atoms with Gasteiger partial charge >= 0.3 is 11.9 Å². The molecule has 13 heavy (non-hydrogen) atoms. The van der Waals surface area contributed by atoms with Gasteiger partial charge in [0, 0.05) is 5.56 Å². The van der Waals surface area contributed by atoms with Gasteiger partial charge in [-0.2, -0.15) is 0 Å². The van der Waals surface area contributed by atoms with Crippen LogP contribution in [-0.2, 0) is 11.2 Å². The van der Waals surface area contributed by atoms with Crippen LogP contribution < -0.4 is 4.74 Å². The average Bonchev–Trinajstić information content (AvgIpc) is 2.43. The van der Waals surface area contributed by atoms with Crippen molar-refractivity contribution in [2.75, 3.05) is 0 Å². The van der Waals surface area contributed by atoms with Gasteiger partial charge in [-0.3, -0.25) is 4.79 Å². The fraction of sp³-hybridized carbons (Fsp3) is 0.111. The molecular weight excluding hydrogens is 172 g/mol. The van der Waals surface area contributed by atoms with Crippen molar-refractivity contribution in [3.05, 3.63) is 29.3 Å². The van der Waals surface area contributed by atoms with Crippen molar-refractivity contribution in [1.82, 2.24) is 0 Å². The molecule has 1 aliphatic rings. The van der Waals surface area contributed by atoms with E-state index in [4.69, 9.17) is 9.84 Å². The number of esters is 1. The first kappa shape index (κ1) is 7.79. The summed E-state index contributed by atoms with van der Waals surface area (Å²) in [5.74, 6) is -1.28. The molecule has 0 atom stereocenters. The molecule has 0 radical (unpaired) electrons. The zero-order valence-electron chi connectivity index (χ0n) is 6.61. The Morgan fingerprint density at radius 2 is 2.23 bits per heavy atom. The molecule has 1 aromatic carbocycles. The summed E-state index contributed by atoms with van der Waals surface area (Å²) in [6, 6.07) is 4.71. The highest BCUT2D eigenvalue weighted by molar-refractivity contribution is 5.95. The van der Waals surface area contributed by atoms with E-state index in [-0.39, 0.29) is 17.7 Å². The second kappa shape index (κ2) is 2.58. The van der Waals surface area contributed by atoms with E-state index in [9.17, 15) is 9.59 Å². The number of carbonyl (C=O) groups excluding carboxylic acids is 1. The summed E-state index contributed by atoms with van der Waals surface area (Å²) in [5.41, 5.74) is 0.688. The largest absolute Gasteiger partial charge is 0.478 e. The number of ether oxygens (including phenoxy) is 1. The van der Waals surface area contributed by atoms with E-state index in [0.717, 1.165) is 0 Å². The fourth-order valence-corrected chi connectivity index (χ4v) is 1.32. The van der Waals surface area contributed by atoms with E-state index in [0.29, 0.717) is 5.56 Å². The Kier molecular flexibility index (Phi) is 1.55. The van der Waals surface area contributed by atoms with Crippen molar-refractivity contribution in [3.8, 4) is 5.75 Å². The minimum absolute atomic E-state index is 0.0448. The quantitative estimate of drug-likeness (QED) is 0.511. The molecule has 0 amide bonds. The maximum absolute atomic E-state index is 10.9. The normalized spacial score (nSPS) is 13.7. The summed E-state index contributed by atoms with van der Waals surface area (Å²) in [5, 5.41) is 8.74. The maximum Gasteiger partial charge on any atom is 0.339 e. The highest BCUT2D eigenvalue weighted by Crippen LogP contribution is 2.29. The van der Waals surface area contributed by atoms with Crippen LogP contribution in [0.15, 0.2) is 18.2 Å². The van der Waals surface area contributed by atoms with Crippen molar-refractivity contribution >= 4 is 11.9 Å². The van der Waals surface area contributed by atoms with Gasteiger partial charge in [0.25, 0.3) is 0 Å². The van der Waals surface area contributed by atoms with Gasteiger partial charge in [0.15, 0.2) is 0 Å². The van der Waals surface area contributed by atoms with Crippen molar-refractivity contribution in [2.45, 2.75) is 6.42 Å². The molecule has 0 saturated carbocycles. The summed E-state index contributed by atoms with van der Waals surface area (Å²) < 4.78 is 4.78. The van der Waals surface area contributed by atoms with Crippen LogP contribution in [0.2, 0.25) is 0 Å². The topological polar surface area (TPSA) is 63.6 Å². The number of carboxylic acids is 1. The SMILES string of the molecule is O=C1Cc2cccc(C(=O)O)c2O1. The van der Waals surface area contributed by atoms with Crippen LogP contribution in [0.1, 0.15) is 15.9 Å². The van der Waals surface area contributed by atoms with Gasteiger partial charge in [-0.15, -0.1) is 0 Å². The lowest BCUT2D eigenvalue weighted by Gasteiger charge is -2.00. The van der Waals surface area contributed by atoms with Gasteiger partial charge in [0.1, 0.15) is 11.3 Å². The molecule has 0 saturated heterocycles. The summed E-state index contributed by atoms with van der Waals surface area (Å²) in [7, 11) is 0. The lowest BCUT2D eigenvalue weighted by Crippen LogP contribution is -2.03. The molecule has 0 aliphatic carbocycles. The maximum atomic E-state index is 10.9. The Hall–Kier alpha value is -1.84. The Morgan fingerprint density at radius 3 is 2.92 bits per heavy atom. The molecule has 1 N–H and O–H groups in total. The third kappa shape index (κ3) is 1.16. The number of rotatable bonds is 1. The van der Waals surface area contributed by atoms with Crippen LogP contribution in [0.3, 0.4) is 0 Å². The van der Waals surface area contributed by atoms with E-state index in [1.807, 2.05) is 0 Å². The highest BCUT2D eigenvalue weighted by atomic mass is 16.5. The van der Waals surface area contributed by atoms with Gasteiger partial charge < -0.3 is 9.84 Å². The van der Waals surface area contributed by atoms with Gasteiger partial charge in [0.2, 0.25) is 0 Å². The third-order valence-electron chi connectivity index (χ3n) is 1.88. The predicted octanol–water partition coefficient (Wildman–Crippen LogP) is 0.846. The second-order valence-corrected chi connectivity index (χ2v) is 2.75. The highest BCUT2D eigenvalue weighted by Gasteiger charge is 2.25. The van der Waals surface area contributed by atoms with Crippen LogP contribution >= 0.6 is 0 Å². The van der Waals surface area contributed by atoms with E-state index >= 15 is 0 Å². The van der Waals surface area contributed by atoms with Crippen molar-refractivity contribution in [2.24, 2.45) is 0 Å². The fourth-order valence-electron chi connectivity index (χ4n) is 1.32. The van der Waals surface area contributed by atoms with Gasteiger partial charge in [-0.1, -0.05) is 12.1 Å². The Balaban J connectivity index is 2.57. The Morgan fingerprint density at radius 1 is 1.46 bits per heavy atom. The molecule has 1 aliphatic heterocycles. The van der Waals surface area contributed by atoms with Gasteiger partial charge in [0.05, 0.1) is 6.42 Å². The zero-order valence-corrected chi connectivity index (χ0v) is 6.61. The number of hydrogen-bond acceptors (Lipinski definition) is 3. The van der Waals surface area contributed by atoms with Gasteiger partial charge in [-0.05, 0) is 6.07 Å². The molecule has 2 rings (SSSR count). The van der Waals surface area contributed by atoms with Crippen LogP contribution in [0, 0.1) is 0 Å². The molecule has 0 spiro atoms. The molecule has 4 heteroatoms. The summed E-state index contributed by atoms with van der Waals surface area (Å²) in [6.07, 6.45) is 0.163. The van der Waals surface area contributed by atoms with Crippen LogP contribution in [0.25, 0.3) is 0 Å². The van der Waals surface area contributed by atoms with Crippen molar-refractivity contribution in [3.63, 3.8) is 0 Å².